The van der Waals surface area contributed by atoms with Gasteiger partial charge in [-0.15, -0.1) is 0 Å². The molecule has 0 fully saturated rings. The standard InChI is InChI=1S/C11H12O2/c1-3-6-10-7-4-5-8-11(10)13-9(2)12/h3-8H,1-2H3/b6-3-. The van der Waals surface area contributed by atoms with Crippen LogP contribution in [0, 0.1) is 0 Å². The lowest BCUT2D eigenvalue weighted by molar-refractivity contribution is -0.131. The normalized spacial score (nSPS) is 10.3. The molecule has 0 bridgehead atoms. The van der Waals surface area contributed by atoms with E-state index >= 15 is 0 Å². The van der Waals surface area contributed by atoms with Crippen LogP contribution in [0.5, 0.6) is 5.75 Å². The van der Waals surface area contributed by atoms with Crippen molar-refractivity contribution >= 4 is 12.0 Å². The van der Waals surface area contributed by atoms with Crippen LogP contribution < -0.4 is 4.74 Å². The van der Waals surface area contributed by atoms with Crippen molar-refractivity contribution in [2.75, 3.05) is 0 Å². The summed E-state index contributed by atoms with van der Waals surface area (Å²) in [6.07, 6.45) is 3.81. The number of ether oxygens (including phenoxy) is 1. The predicted molar refractivity (Wildman–Crippen MR) is 52.5 cm³/mol. The fourth-order valence-corrected chi connectivity index (χ4v) is 1.05. The predicted octanol–water partition coefficient (Wildman–Crippen LogP) is 2.65. The second kappa shape index (κ2) is 4.45. The van der Waals surface area contributed by atoms with Crippen molar-refractivity contribution in [3.8, 4) is 5.75 Å². The van der Waals surface area contributed by atoms with Gasteiger partial charge in [-0.3, -0.25) is 4.79 Å². The van der Waals surface area contributed by atoms with E-state index in [1.54, 1.807) is 6.07 Å². The largest absolute Gasteiger partial charge is 0.426 e. The SMILES string of the molecule is C/C=C\c1ccccc1OC(C)=O. The molecule has 0 aliphatic rings. The molecular weight excluding hydrogens is 164 g/mol. The molecule has 0 unspecified atom stereocenters. The summed E-state index contributed by atoms with van der Waals surface area (Å²) in [5.41, 5.74) is 0.917. The molecule has 2 nitrogen and oxygen atoms in total. The maximum absolute atomic E-state index is 10.7. The molecule has 0 radical (unpaired) electrons. The lowest BCUT2D eigenvalue weighted by atomic mass is 10.2. The lowest BCUT2D eigenvalue weighted by Crippen LogP contribution is -2.02. The van der Waals surface area contributed by atoms with Crippen molar-refractivity contribution < 1.29 is 9.53 Å². The van der Waals surface area contributed by atoms with Crippen LogP contribution in [0.4, 0.5) is 0 Å². The second-order valence-electron chi connectivity index (χ2n) is 2.63. The summed E-state index contributed by atoms with van der Waals surface area (Å²) in [6, 6.07) is 7.42. The molecule has 1 aromatic carbocycles. The van der Waals surface area contributed by atoms with Crippen LogP contribution >= 0.6 is 0 Å². The zero-order chi connectivity index (χ0) is 9.68. The van der Waals surface area contributed by atoms with E-state index in [1.165, 1.54) is 6.92 Å². The number of para-hydroxylation sites is 1. The third-order valence-electron chi connectivity index (χ3n) is 1.52. The van der Waals surface area contributed by atoms with E-state index in [4.69, 9.17) is 4.74 Å². The van der Waals surface area contributed by atoms with E-state index in [2.05, 4.69) is 0 Å². The molecule has 0 saturated heterocycles. The average Bonchev–Trinajstić information content (AvgIpc) is 2.08. The van der Waals surface area contributed by atoms with Crippen molar-refractivity contribution in [3.63, 3.8) is 0 Å². The molecule has 0 amide bonds. The average molecular weight is 176 g/mol. The first-order valence-electron chi connectivity index (χ1n) is 4.14. The number of allylic oxidation sites excluding steroid dienone is 1. The molecule has 13 heavy (non-hydrogen) atoms. The van der Waals surface area contributed by atoms with Gasteiger partial charge in [-0.05, 0) is 13.0 Å². The molecule has 0 aromatic heterocycles. The van der Waals surface area contributed by atoms with Gasteiger partial charge >= 0.3 is 5.97 Å². The smallest absolute Gasteiger partial charge is 0.308 e. The molecule has 0 N–H and O–H groups in total. The maximum Gasteiger partial charge on any atom is 0.308 e. The Balaban J connectivity index is 2.97. The fourth-order valence-electron chi connectivity index (χ4n) is 1.05. The number of hydrogen-bond acceptors (Lipinski definition) is 2. The molecule has 0 atom stereocenters. The zero-order valence-electron chi connectivity index (χ0n) is 7.78. The number of esters is 1. The Morgan fingerprint density at radius 1 is 1.38 bits per heavy atom. The van der Waals surface area contributed by atoms with Gasteiger partial charge in [-0.25, -0.2) is 0 Å². The second-order valence-corrected chi connectivity index (χ2v) is 2.63. The Morgan fingerprint density at radius 2 is 2.08 bits per heavy atom. The Labute approximate surface area is 77.8 Å². The van der Waals surface area contributed by atoms with Crippen LogP contribution in [0.25, 0.3) is 6.08 Å². The van der Waals surface area contributed by atoms with Gasteiger partial charge in [0, 0.05) is 12.5 Å². The first kappa shape index (κ1) is 9.52. The van der Waals surface area contributed by atoms with Crippen molar-refractivity contribution in [2.45, 2.75) is 13.8 Å². The van der Waals surface area contributed by atoms with Gasteiger partial charge in [0.15, 0.2) is 0 Å². The summed E-state index contributed by atoms with van der Waals surface area (Å²) in [5.74, 6) is 0.310. The van der Waals surface area contributed by atoms with Gasteiger partial charge in [-0.2, -0.15) is 0 Å². The van der Waals surface area contributed by atoms with Crippen LogP contribution in [-0.4, -0.2) is 5.97 Å². The van der Waals surface area contributed by atoms with Gasteiger partial charge in [-0.1, -0.05) is 30.4 Å². The molecular formula is C11H12O2. The highest BCUT2D eigenvalue weighted by Crippen LogP contribution is 2.19. The Hall–Kier alpha value is -1.57. The molecule has 0 heterocycles. The van der Waals surface area contributed by atoms with E-state index in [0.29, 0.717) is 5.75 Å². The third kappa shape index (κ3) is 2.75. The van der Waals surface area contributed by atoms with Gasteiger partial charge < -0.3 is 4.74 Å². The summed E-state index contributed by atoms with van der Waals surface area (Å²) in [5, 5.41) is 0. The van der Waals surface area contributed by atoms with Crippen LogP contribution in [0.3, 0.4) is 0 Å². The Bertz CT molecular complexity index is 327. The summed E-state index contributed by atoms with van der Waals surface area (Å²) < 4.78 is 5.01. The lowest BCUT2D eigenvalue weighted by Gasteiger charge is -2.03. The zero-order valence-corrected chi connectivity index (χ0v) is 7.78. The number of carbonyl (C=O) groups excluding carboxylic acids is 1. The Kier molecular flexibility index (Phi) is 3.26. The molecule has 1 aromatic rings. The van der Waals surface area contributed by atoms with Crippen molar-refractivity contribution in [1.82, 2.24) is 0 Å². The minimum atomic E-state index is -0.294. The summed E-state index contributed by atoms with van der Waals surface area (Å²) in [7, 11) is 0. The fraction of sp³-hybridized carbons (Fsp3) is 0.182. The highest BCUT2D eigenvalue weighted by Gasteiger charge is 2.01. The molecule has 1 rings (SSSR count). The highest BCUT2D eigenvalue weighted by molar-refractivity contribution is 5.71. The molecule has 0 aliphatic carbocycles. The molecule has 0 spiro atoms. The number of carbonyl (C=O) groups is 1. The molecule has 0 saturated carbocycles. The first-order chi connectivity index (χ1) is 6.24. The van der Waals surface area contributed by atoms with E-state index < -0.39 is 0 Å². The minimum absolute atomic E-state index is 0.294. The van der Waals surface area contributed by atoms with E-state index in [-0.39, 0.29) is 5.97 Å². The highest BCUT2D eigenvalue weighted by atomic mass is 16.5. The van der Waals surface area contributed by atoms with E-state index in [1.807, 2.05) is 37.3 Å². The summed E-state index contributed by atoms with van der Waals surface area (Å²) >= 11 is 0. The number of rotatable bonds is 2. The van der Waals surface area contributed by atoms with E-state index in [9.17, 15) is 4.79 Å². The topological polar surface area (TPSA) is 26.3 Å². The van der Waals surface area contributed by atoms with Crippen LogP contribution in [0.2, 0.25) is 0 Å². The number of benzene rings is 1. The monoisotopic (exact) mass is 176 g/mol. The maximum atomic E-state index is 10.7. The molecule has 0 aliphatic heterocycles. The van der Waals surface area contributed by atoms with Crippen molar-refractivity contribution in [2.24, 2.45) is 0 Å². The first-order valence-corrected chi connectivity index (χ1v) is 4.14. The van der Waals surface area contributed by atoms with Crippen LogP contribution in [0.1, 0.15) is 19.4 Å². The van der Waals surface area contributed by atoms with Crippen LogP contribution in [0.15, 0.2) is 30.3 Å². The van der Waals surface area contributed by atoms with Gasteiger partial charge in [0.05, 0.1) is 0 Å². The van der Waals surface area contributed by atoms with Crippen molar-refractivity contribution in [3.05, 3.63) is 35.9 Å². The summed E-state index contributed by atoms with van der Waals surface area (Å²) in [4.78, 5) is 10.7. The Morgan fingerprint density at radius 3 is 2.69 bits per heavy atom. The van der Waals surface area contributed by atoms with Crippen molar-refractivity contribution in [1.29, 1.82) is 0 Å². The van der Waals surface area contributed by atoms with Gasteiger partial charge in [0.25, 0.3) is 0 Å². The van der Waals surface area contributed by atoms with Gasteiger partial charge in [0.1, 0.15) is 5.75 Å². The summed E-state index contributed by atoms with van der Waals surface area (Å²) in [6.45, 7) is 3.32. The quantitative estimate of drug-likeness (QED) is 0.511. The van der Waals surface area contributed by atoms with E-state index in [0.717, 1.165) is 5.56 Å². The number of hydrogen-bond donors (Lipinski definition) is 0. The minimum Gasteiger partial charge on any atom is -0.426 e. The molecule has 2 heteroatoms. The van der Waals surface area contributed by atoms with Crippen LogP contribution in [-0.2, 0) is 4.79 Å². The van der Waals surface area contributed by atoms with Gasteiger partial charge in [0.2, 0.25) is 0 Å². The third-order valence-corrected chi connectivity index (χ3v) is 1.52. The molecule has 68 valence electrons.